The molecule has 1 heterocycles. The number of hydrogen-bond acceptors (Lipinski definition) is 2. The number of H-pyrrole nitrogens is 1. The highest BCUT2D eigenvalue weighted by atomic mass is 16.2. The van der Waals surface area contributed by atoms with Crippen molar-refractivity contribution in [1.29, 1.82) is 0 Å². The van der Waals surface area contributed by atoms with Crippen LogP contribution in [0.4, 0.5) is 10.5 Å². The molecule has 0 fully saturated rings. The fraction of sp³-hybridized carbons (Fsp3) is 0.333. The van der Waals surface area contributed by atoms with E-state index < -0.39 is 0 Å². The van der Waals surface area contributed by atoms with Crippen LogP contribution < -0.4 is 10.6 Å². The normalized spacial score (nSPS) is 10.4. The molecule has 90 valence electrons. The second-order valence-electron chi connectivity index (χ2n) is 3.87. The van der Waals surface area contributed by atoms with E-state index >= 15 is 0 Å². The molecule has 0 saturated carbocycles. The third-order valence-electron chi connectivity index (χ3n) is 2.49. The third-order valence-corrected chi connectivity index (χ3v) is 2.49. The molecular formula is C12H16N4O. The van der Waals surface area contributed by atoms with Crippen LogP contribution in [-0.4, -0.2) is 22.5 Å². The van der Waals surface area contributed by atoms with Gasteiger partial charge in [0, 0.05) is 12.2 Å². The first kappa shape index (κ1) is 11.4. The second-order valence-corrected chi connectivity index (χ2v) is 3.87. The molecule has 2 rings (SSSR count). The van der Waals surface area contributed by atoms with Crippen molar-refractivity contribution in [2.75, 3.05) is 11.9 Å². The number of nitrogens with zero attached hydrogens (tertiary/aromatic N) is 1. The summed E-state index contributed by atoms with van der Waals surface area (Å²) in [5, 5.41) is 5.58. The van der Waals surface area contributed by atoms with Gasteiger partial charge in [-0.05, 0) is 24.6 Å². The summed E-state index contributed by atoms with van der Waals surface area (Å²) in [7, 11) is 0. The highest BCUT2D eigenvalue weighted by molar-refractivity contribution is 5.91. The van der Waals surface area contributed by atoms with Crippen molar-refractivity contribution >= 4 is 22.8 Å². The topological polar surface area (TPSA) is 69.8 Å². The van der Waals surface area contributed by atoms with Crippen LogP contribution in [0.25, 0.3) is 11.0 Å². The van der Waals surface area contributed by atoms with Gasteiger partial charge < -0.3 is 15.6 Å². The largest absolute Gasteiger partial charge is 0.345 e. The van der Waals surface area contributed by atoms with Gasteiger partial charge in [0.2, 0.25) is 0 Å². The van der Waals surface area contributed by atoms with Gasteiger partial charge in [-0.2, -0.15) is 0 Å². The van der Waals surface area contributed by atoms with Gasteiger partial charge >= 0.3 is 6.03 Å². The van der Waals surface area contributed by atoms with Crippen LogP contribution in [0.3, 0.4) is 0 Å². The van der Waals surface area contributed by atoms with Gasteiger partial charge in [0.1, 0.15) is 0 Å². The van der Waals surface area contributed by atoms with E-state index in [0.29, 0.717) is 6.54 Å². The molecule has 0 spiro atoms. The maximum Gasteiger partial charge on any atom is 0.319 e. The minimum Gasteiger partial charge on any atom is -0.345 e. The lowest BCUT2D eigenvalue weighted by Crippen LogP contribution is -2.29. The summed E-state index contributed by atoms with van der Waals surface area (Å²) >= 11 is 0. The number of urea groups is 1. The molecule has 2 amide bonds. The van der Waals surface area contributed by atoms with Crippen LogP contribution in [-0.2, 0) is 0 Å². The molecular weight excluding hydrogens is 216 g/mol. The molecule has 2 aromatic rings. The predicted octanol–water partition coefficient (Wildman–Crippen LogP) is 2.48. The summed E-state index contributed by atoms with van der Waals surface area (Å²) in [4.78, 5) is 18.6. The number of hydrogen-bond donors (Lipinski definition) is 3. The summed E-state index contributed by atoms with van der Waals surface area (Å²) in [6, 6.07) is 5.40. The van der Waals surface area contributed by atoms with E-state index in [2.05, 4.69) is 27.5 Å². The standard InChI is InChI=1S/C12H16N4O/c1-2-3-6-13-12(17)16-9-4-5-10-11(7-9)15-8-14-10/h4-5,7-8H,2-3,6H2,1H3,(H,14,15)(H2,13,16,17). The number of nitrogens with one attached hydrogen (secondary N) is 3. The van der Waals surface area contributed by atoms with Crippen LogP contribution in [0, 0.1) is 0 Å². The highest BCUT2D eigenvalue weighted by Gasteiger charge is 2.02. The molecule has 1 aromatic heterocycles. The Bertz CT molecular complexity index is 506. The summed E-state index contributed by atoms with van der Waals surface area (Å²) in [5.41, 5.74) is 2.56. The van der Waals surface area contributed by atoms with Gasteiger partial charge in [-0.15, -0.1) is 0 Å². The van der Waals surface area contributed by atoms with Crippen LogP contribution in [0.15, 0.2) is 24.5 Å². The van der Waals surface area contributed by atoms with Gasteiger partial charge in [0.05, 0.1) is 17.4 Å². The number of aromatic amines is 1. The summed E-state index contributed by atoms with van der Waals surface area (Å²) in [5.74, 6) is 0. The molecule has 3 N–H and O–H groups in total. The first-order valence-corrected chi connectivity index (χ1v) is 5.77. The van der Waals surface area contributed by atoms with Crippen LogP contribution in [0.2, 0.25) is 0 Å². The number of rotatable bonds is 4. The zero-order chi connectivity index (χ0) is 12.1. The van der Waals surface area contributed by atoms with E-state index in [4.69, 9.17) is 0 Å². The third kappa shape index (κ3) is 2.96. The van der Waals surface area contributed by atoms with Crippen molar-refractivity contribution in [3.8, 4) is 0 Å². The van der Waals surface area contributed by atoms with Crippen molar-refractivity contribution in [1.82, 2.24) is 15.3 Å². The smallest absolute Gasteiger partial charge is 0.319 e. The molecule has 0 radical (unpaired) electrons. The Morgan fingerprint density at radius 1 is 1.47 bits per heavy atom. The molecule has 0 bridgehead atoms. The molecule has 5 heteroatoms. The van der Waals surface area contributed by atoms with Crippen molar-refractivity contribution < 1.29 is 4.79 Å². The molecule has 0 atom stereocenters. The zero-order valence-electron chi connectivity index (χ0n) is 9.79. The number of anilines is 1. The average molecular weight is 232 g/mol. The molecule has 1 aromatic carbocycles. The highest BCUT2D eigenvalue weighted by Crippen LogP contribution is 2.15. The van der Waals surface area contributed by atoms with E-state index in [0.717, 1.165) is 29.6 Å². The summed E-state index contributed by atoms with van der Waals surface area (Å²) < 4.78 is 0. The van der Waals surface area contributed by atoms with Crippen molar-refractivity contribution in [3.63, 3.8) is 0 Å². The monoisotopic (exact) mass is 232 g/mol. The maximum atomic E-state index is 11.5. The number of aromatic nitrogens is 2. The number of fused-ring (bicyclic) bond motifs is 1. The van der Waals surface area contributed by atoms with Gasteiger partial charge in [0.15, 0.2) is 0 Å². The van der Waals surface area contributed by atoms with Gasteiger partial charge in [-0.3, -0.25) is 0 Å². The second kappa shape index (κ2) is 5.34. The van der Waals surface area contributed by atoms with Crippen molar-refractivity contribution in [2.45, 2.75) is 19.8 Å². The zero-order valence-corrected chi connectivity index (χ0v) is 9.79. The van der Waals surface area contributed by atoms with Gasteiger partial charge in [-0.25, -0.2) is 9.78 Å². The lowest BCUT2D eigenvalue weighted by Gasteiger charge is -2.06. The molecule has 0 aliphatic carbocycles. The number of benzene rings is 1. The van der Waals surface area contributed by atoms with Crippen LogP contribution in [0.1, 0.15) is 19.8 Å². The van der Waals surface area contributed by atoms with Gasteiger partial charge in [0.25, 0.3) is 0 Å². The molecule has 0 aliphatic rings. The Labute approximate surface area is 99.6 Å². The van der Waals surface area contributed by atoms with E-state index in [1.807, 2.05) is 18.2 Å². The van der Waals surface area contributed by atoms with E-state index in [9.17, 15) is 4.79 Å². The Hall–Kier alpha value is -2.04. The molecule has 5 nitrogen and oxygen atoms in total. The van der Waals surface area contributed by atoms with E-state index in [-0.39, 0.29) is 6.03 Å². The Morgan fingerprint density at radius 3 is 3.18 bits per heavy atom. The van der Waals surface area contributed by atoms with Crippen molar-refractivity contribution in [3.05, 3.63) is 24.5 Å². The molecule has 0 unspecified atom stereocenters. The SMILES string of the molecule is CCCCNC(=O)Nc1ccc2nc[nH]c2c1. The molecule has 0 aliphatic heterocycles. The summed E-state index contributed by atoms with van der Waals surface area (Å²) in [6.45, 7) is 2.79. The van der Waals surface area contributed by atoms with Crippen molar-refractivity contribution in [2.24, 2.45) is 0 Å². The molecule has 0 saturated heterocycles. The minimum absolute atomic E-state index is 0.169. The Kier molecular flexibility index (Phi) is 3.59. The van der Waals surface area contributed by atoms with Gasteiger partial charge in [-0.1, -0.05) is 13.3 Å². The van der Waals surface area contributed by atoms with Crippen LogP contribution >= 0.6 is 0 Å². The Balaban J connectivity index is 1.95. The fourth-order valence-electron chi connectivity index (χ4n) is 1.57. The first-order chi connectivity index (χ1) is 8.29. The minimum atomic E-state index is -0.169. The molecule has 17 heavy (non-hydrogen) atoms. The maximum absolute atomic E-state index is 11.5. The predicted molar refractivity (Wildman–Crippen MR) is 68.0 cm³/mol. The number of unbranched alkanes of at least 4 members (excludes halogenated alkanes) is 1. The number of imidazole rings is 1. The number of carbonyl (C=O) groups excluding carboxylic acids is 1. The number of amides is 2. The lowest BCUT2D eigenvalue weighted by molar-refractivity contribution is 0.252. The van der Waals surface area contributed by atoms with E-state index in [1.165, 1.54) is 0 Å². The first-order valence-electron chi connectivity index (χ1n) is 5.77. The quantitative estimate of drug-likeness (QED) is 0.709. The summed E-state index contributed by atoms with van der Waals surface area (Å²) in [6.07, 6.45) is 3.70. The van der Waals surface area contributed by atoms with E-state index in [1.54, 1.807) is 6.33 Å². The van der Waals surface area contributed by atoms with Crippen LogP contribution in [0.5, 0.6) is 0 Å². The average Bonchev–Trinajstić information content (AvgIpc) is 2.76. The lowest BCUT2D eigenvalue weighted by atomic mass is 10.3. The fourth-order valence-corrected chi connectivity index (χ4v) is 1.57. The Morgan fingerprint density at radius 2 is 2.35 bits per heavy atom. The number of carbonyl (C=O) groups is 1.